The van der Waals surface area contributed by atoms with E-state index in [0.29, 0.717) is 85.9 Å². The predicted octanol–water partition coefficient (Wildman–Crippen LogP) is 5.46. The molecule has 7 nitrogen and oxygen atoms in total. The normalized spacial score (nSPS) is 11.3. The van der Waals surface area contributed by atoms with E-state index in [1.807, 2.05) is 0 Å². The molecule has 0 heterocycles. The minimum Gasteiger partial charge on any atom is -0.491 e. The highest BCUT2D eigenvalue weighted by Gasteiger charge is 1.98. The quantitative estimate of drug-likeness (QED) is 0.0968. The lowest BCUT2D eigenvalue weighted by atomic mass is 10.0. The minimum absolute atomic E-state index is 0.538. The smallest absolute Gasteiger partial charge is 0.119 e. The van der Waals surface area contributed by atoms with Gasteiger partial charge in [0, 0.05) is 5.33 Å². The lowest BCUT2D eigenvalue weighted by Gasteiger charge is -2.09. The van der Waals surface area contributed by atoms with E-state index >= 15 is 0 Å². The second-order valence-corrected chi connectivity index (χ2v) is 9.17. The van der Waals surface area contributed by atoms with Gasteiger partial charge in [-0.05, 0) is 30.5 Å². The third kappa shape index (κ3) is 22.5. The van der Waals surface area contributed by atoms with Crippen molar-refractivity contribution in [2.75, 3.05) is 91.2 Å². The van der Waals surface area contributed by atoms with Gasteiger partial charge >= 0.3 is 0 Å². The first-order chi connectivity index (χ1) is 17.9. The zero-order chi connectivity index (χ0) is 25.8. The molecule has 8 heteroatoms. The molecule has 0 bridgehead atoms. The topological polar surface area (TPSA) is 64.6 Å². The first-order valence-electron chi connectivity index (χ1n) is 13.6. The van der Waals surface area contributed by atoms with Crippen LogP contribution >= 0.6 is 15.9 Å². The lowest BCUT2D eigenvalue weighted by molar-refractivity contribution is -0.0172. The van der Waals surface area contributed by atoms with E-state index in [4.69, 9.17) is 33.2 Å². The fraction of sp³-hybridized carbons (Fsp3) is 0.786. The van der Waals surface area contributed by atoms with Gasteiger partial charge in [-0.3, -0.25) is 0 Å². The van der Waals surface area contributed by atoms with Crippen LogP contribution in [0.5, 0.6) is 5.75 Å². The van der Waals surface area contributed by atoms with Gasteiger partial charge in [-0.25, -0.2) is 0 Å². The number of rotatable bonds is 28. The molecule has 0 fully saturated rings. The van der Waals surface area contributed by atoms with Crippen molar-refractivity contribution in [3.63, 3.8) is 0 Å². The monoisotopic (exact) mass is 576 g/mol. The second kappa shape index (κ2) is 27.3. The summed E-state index contributed by atoms with van der Waals surface area (Å²) in [5, 5.41) is 0.847. The molecule has 36 heavy (non-hydrogen) atoms. The van der Waals surface area contributed by atoms with Crippen LogP contribution in [-0.2, 0) is 34.8 Å². The van der Waals surface area contributed by atoms with Crippen LogP contribution in [0.3, 0.4) is 0 Å². The maximum Gasteiger partial charge on any atom is 0.119 e. The van der Waals surface area contributed by atoms with Crippen LogP contribution in [0.2, 0.25) is 0 Å². The number of hydrogen-bond donors (Lipinski definition) is 0. The number of benzene rings is 1. The lowest BCUT2D eigenvalue weighted by Crippen LogP contribution is -2.14. The molecule has 1 aromatic rings. The molecule has 0 aliphatic carbocycles. The van der Waals surface area contributed by atoms with Gasteiger partial charge < -0.3 is 33.2 Å². The van der Waals surface area contributed by atoms with E-state index in [-0.39, 0.29) is 0 Å². The number of aryl methyl sites for hydroxylation is 1. The van der Waals surface area contributed by atoms with E-state index in [1.165, 1.54) is 44.1 Å². The zero-order valence-corrected chi connectivity index (χ0v) is 24.0. The van der Waals surface area contributed by atoms with E-state index in [2.05, 4.69) is 47.1 Å². The summed E-state index contributed by atoms with van der Waals surface area (Å²) >= 11 is 3.30. The first-order valence-corrected chi connectivity index (χ1v) is 14.7. The highest BCUT2D eigenvalue weighted by atomic mass is 79.9. The largest absolute Gasteiger partial charge is 0.491 e. The summed E-state index contributed by atoms with van der Waals surface area (Å²) < 4.78 is 38.4. The van der Waals surface area contributed by atoms with Crippen LogP contribution in [-0.4, -0.2) is 91.2 Å². The van der Waals surface area contributed by atoms with Gasteiger partial charge in [0.1, 0.15) is 12.4 Å². The van der Waals surface area contributed by atoms with Crippen molar-refractivity contribution in [2.24, 2.45) is 0 Å². The molecule has 0 unspecified atom stereocenters. The van der Waals surface area contributed by atoms with Crippen LogP contribution < -0.4 is 4.74 Å². The van der Waals surface area contributed by atoms with E-state index in [9.17, 15) is 0 Å². The van der Waals surface area contributed by atoms with Crippen molar-refractivity contribution in [3.8, 4) is 5.75 Å². The molecule has 0 saturated carbocycles. The molecule has 0 spiro atoms. The van der Waals surface area contributed by atoms with Gasteiger partial charge in [-0.15, -0.1) is 0 Å². The minimum atomic E-state index is 0.538. The van der Waals surface area contributed by atoms with Gasteiger partial charge in [0.25, 0.3) is 0 Å². The van der Waals surface area contributed by atoms with Gasteiger partial charge in [0.15, 0.2) is 0 Å². The summed E-state index contributed by atoms with van der Waals surface area (Å²) in [4.78, 5) is 0. The van der Waals surface area contributed by atoms with Crippen molar-refractivity contribution >= 4 is 15.9 Å². The van der Waals surface area contributed by atoms with Crippen LogP contribution in [0, 0.1) is 0 Å². The van der Waals surface area contributed by atoms with Crippen molar-refractivity contribution in [3.05, 3.63) is 29.8 Å². The summed E-state index contributed by atoms with van der Waals surface area (Å²) in [7, 11) is 0. The molecule has 210 valence electrons. The number of halogens is 1. The standard InChI is InChI=1S/C28H49BrO7/c1-2-3-4-5-6-7-8-27-9-11-28(12-10-27)36-26-25-35-24-23-34-22-21-33-20-19-32-18-17-31-16-15-30-14-13-29/h9-12H,2-8,13-26H2,1H3. The Morgan fingerprint density at radius 2 is 0.917 bits per heavy atom. The van der Waals surface area contributed by atoms with E-state index in [1.54, 1.807) is 0 Å². The van der Waals surface area contributed by atoms with E-state index < -0.39 is 0 Å². The Morgan fingerprint density at radius 3 is 1.39 bits per heavy atom. The van der Waals surface area contributed by atoms with Crippen LogP contribution in [0.1, 0.15) is 51.0 Å². The maximum atomic E-state index is 5.75. The summed E-state index contributed by atoms with van der Waals surface area (Å²) in [6.45, 7) is 9.65. The highest BCUT2D eigenvalue weighted by Crippen LogP contribution is 2.15. The molecule has 0 N–H and O–H groups in total. The maximum absolute atomic E-state index is 5.75. The first kappa shape index (κ1) is 33.3. The fourth-order valence-corrected chi connectivity index (χ4v) is 3.57. The fourth-order valence-electron chi connectivity index (χ4n) is 3.34. The molecule has 1 rings (SSSR count). The molecule has 1 aromatic carbocycles. The summed E-state index contributed by atoms with van der Waals surface area (Å²) in [5.74, 6) is 0.894. The van der Waals surface area contributed by atoms with Gasteiger partial charge in [0.05, 0.1) is 79.3 Å². The Hall–Kier alpha value is -0.740. The van der Waals surface area contributed by atoms with Crippen molar-refractivity contribution < 1.29 is 33.2 Å². The van der Waals surface area contributed by atoms with Crippen molar-refractivity contribution in [2.45, 2.75) is 51.9 Å². The molecule has 0 aromatic heterocycles. The Morgan fingerprint density at radius 1 is 0.500 bits per heavy atom. The summed E-state index contributed by atoms with van der Waals surface area (Å²) in [5.41, 5.74) is 1.38. The molecular formula is C28H49BrO7. The Kier molecular flexibility index (Phi) is 25.2. The second-order valence-electron chi connectivity index (χ2n) is 8.37. The Labute approximate surface area is 227 Å². The van der Waals surface area contributed by atoms with Gasteiger partial charge in [-0.2, -0.15) is 0 Å². The molecule has 0 atom stereocenters. The zero-order valence-electron chi connectivity index (χ0n) is 22.4. The Bertz CT molecular complexity index is 559. The average molecular weight is 578 g/mol. The van der Waals surface area contributed by atoms with Crippen molar-refractivity contribution in [1.82, 2.24) is 0 Å². The van der Waals surface area contributed by atoms with Crippen molar-refractivity contribution in [1.29, 1.82) is 0 Å². The van der Waals surface area contributed by atoms with Gasteiger partial charge in [0.2, 0.25) is 0 Å². The number of hydrogen-bond acceptors (Lipinski definition) is 7. The number of ether oxygens (including phenoxy) is 7. The Balaban J connectivity index is 1.78. The highest BCUT2D eigenvalue weighted by molar-refractivity contribution is 9.09. The molecule has 0 aliphatic rings. The van der Waals surface area contributed by atoms with E-state index in [0.717, 1.165) is 17.5 Å². The molecular weight excluding hydrogens is 528 g/mol. The molecule has 0 amide bonds. The summed E-state index contributed by atoms with van der Waals surface area (Å²) in [6, 6.07) is 8.45. The number of unbranched alkanes of at least 4 members (excludes halogenated alkanes) is 5. The SMILES string of the molecule is CCCCCCCCc1ccc(OCCOCCOCCOCCOCCOCCOCCBr)cc1. The third-order valence-electron chi connectivity index (χ3n) is 5.32. The predicted molar refractivity (Wildman–Crippen MR) is 148 cm³/mol. The van der Waals surface area contributed by atoms with Crippen LogP contribution in [0.4, 0.5) is 0 Å². The number of alkyl halides is 1. The molecule has 0 aliphatic heterocycles. The molecule has 0 radical (unpaired) electrons. The average Bonchev–Trinajstić information content (AvgIpc) is 2.90. The molecule has 0 saturated heterocycles. The van der Waals surface area contributed by atoms with Crippen LogP contribution in [0.25, 0.3) is 0 Å². The summed E-state index contributed by atoms with van der Waals surface area (Å²) in [6.07, 6.45) is 9.14. The third-order valence-corrected chi connectivity index (χ3v) is 5.64. The van der Waals surface area contributed by atoms with Gasteiger partial charge in [-0.1, -0.05) is 67.1 Å². The van der Waals surface area contributed by atoms with Crippen LogP contribution in [0.15, 0.2) is 24.3 Å².